The molecule has 0 unspecified atom stereocenters. The smallest absolute Gasteiger partial charge is 0.321 e. The molecule has 1 aromatic carbocycles. The molecular weight excluding hydrogens is 246 g/mol. The minimum Gasteiger partial charge on any atom is -0.468 e. The van der Waals surface area contributed by atoms with Gasteiger partial charge in [0, 0.05) is 5.39 Å². The van der Waals surface area contributed by atoms with Gasteiger partial charge in [0.1, 0.15) is 17.3 Å². The van der Waals surface area contributed by atoms with E-state index in [0.717, 1.165) is 5.39 Å². The minimum atomic E-state index is -1.01. The maximum absolute atomic E-state index is 12.2. The van der Waals surface area contributed by atoms with E-state index in [1.54, 1.807) is 0 Å². The molecule has 5 nitrogen and oxygen atoms in total. The van der Waals surface area contributed by atoms with Crippen molar-refractivity contribution in [3.05, 3.63) is 30.5 Å². The SMILES string of the molecule is COC(=O)C1(C(=O)Nc2coc3ccccc23)CC1. The number of nitrogens with one attached hydrogen (secondary N) is 1. The van der Waals surface area contributed by atoms with Crippen LogP contribution in [0, 0.1) is 5.41 Å². The van der Waals surface area contributed by atoms with E-state index in [0.29, 0.717) is 24.1 Å². The second kappa shape index (κ2) is 4.12. The number of esters is 1. The molecule has 2 aromatic rings. The van der Waals surface area contributed by atoms with Crippen LogP contribution in [0.1, 0.15) is 12.8 Å². The molecule has 1 saturated carbocycles. The third-order valence-corrected chi connectivity index (χ3v) is 3.49. The molecule has 1 N–H and O–H groups in total. The highest BCUT2D eigenvalue weighted by Gasteiger charge is 2.57. The Morgan fingerprint density at radius 1 is 1.32 bits per heavy atom. The summed E-state index contributed by atoms with van der Waals surface area (Å²) in [4.78, 5) is 23.8. The lowest BCUT2D eigenvalue weighted by Crippen LogP contribution is -2.32. The molecule has 19 heavy (non-hydrogen) atoms. The van der Waals surface area contributed by atoms with Gasteiger partial charge in [0.05, 0.1) is 12.8 Å². The van der Waals surface area contributed by atoms with Crippen LogP contribution in [-0.4, -0.2) is 19.0 Å². The van der Waals surface area contributed by atoms with Crippen molar-refractivity contribution in [2.24, 2.45) is 5.41 Å². The quantitative estimate of drug-likeness (QED) is 0.678. The van der Waals surface area contributed by atoms with Crippen LogP contribution < -0.4 is 5.32 Å². The number of amides is 1. The zero-order valence-electron chi connectivity index (χ0n) is 10.4. The number of benzene rings is 1. The summed E-state index contributed by atoms with van der Waals surface area (Å²) in [5.74, 6) is -0.802. The Hall–Kier alpha value is -2.30. The van der Waals surface area contributed by atoms with E-state index in [9.17, 15) is 9.59 Å². The fourth-order valence-corrected chi connectivity index (χ4v) is 2.16. The van der Waals surface area contributed by atoms with Crippen LogP contribution in [0.25, 0.3) is 11.0 Å². The van der Waals surface area contributed by atoms with E-state index in [2.05, 4.69) is 10.1 Å². The fraction of sp³-hybridized carbons (Fsp3) is 0.286. The number of anilines is 1. The van der Waals surface area contributed by atoms with Gasteiger partial charge < -0.3 is 14.5 Å². The minimum absolute atomic E-state index is 0.328. The van der Waals surface area contributed by atoms with E-state index < -0.39 is 11.4 Å². The Balaban J connectivity index is 1.86. The van der Waals surface area contributed by atoms with Crippen LogP contribution in [-0.2, 0) is 14.3 Å². The highest BCUT2D eigenvalue weighted by Crippen LogP contribution is 2.47. The van der Waals surface area contributed by atoms with Gasteiger partial charge >= 0.3 is 5.97 Å². The Kier molecular flexibility index (Phi) is 2.55. The number of carbonyl (C=O) groups excluding carboxylic acids is 2. The second-order valence-electron chi connectivity index (χ2n) is 4.67. The molecule has 0 saturated heterocycles. The first-order valence-corrected chi connectivity index (χ1v) is 6.03. The highest BCUT2D eigenvalue weighted by atomic mass is 16.5. The molecule has 1 aliphatic carbocycles. The zero-order chi connectivity index (χ0) is 13.5. The van der Waals surface area contributed by atoms with Crippen LogP contribution in [0.2, 0.25) is 0 Å². The van der Waals surface area contributed by atoms with Gasteiger partial charge in [-0.1, -0.05) is 12.1 Å². The van der Waals surface area contributed by atoms with Crippen LogP contribution in [0.5, 0.6) is 0 Å². The van der Waals surface area contributed by atoms with Crippen molar-refractivity contribution in [2.45, 2.75) is 12.8 Å². The summed E-state index contributed by atoms with van der Waals surface area (Å²) in [6.45, 7) is 0. The number of methoxy groups -OCH3 is 1. The van der Waals surface area contributed by atoms with E-state index >= 15 is 0 Å². The third kappa shape index (κ3) is 1.78. The molecule has 1 aromatic heterocycles. The number of hydrogen-bond acceptors (Lipinski definition) is 4. The first-order valence-electron chi connectivity index (χ1n) is 6.03. The second-order valence-corrected chi connectivity index (χ2v) is 4.67. The van der Waals surface area contributed by atoms with Crippen molar-refractivity contribution in [1.82, 2.24) is 0 Å². The van der Waals surface area contributed by atoms with Gasteiger partial charge in [0.15, 0.2) is 0 Å². The Labute approximate surface area is 109 Å². The van der Waals surface area contributed by atoms with Crippen molar-refractivity contribution >= 4 is 28.5 Å². The van der Waals surface area contributed by atoms with Gasteiger partial charge in [0.25, 0.3) is 0 Å². The summed E-state index contributed by atoms with van der Waals surface area (Å²) in [6, 6.07) is 7.39. The molecule has 0 aliphatic heterocycles. The molecular formula is C14H13NO4. The molecule has 0 spiro atoms. The van der Waals surface area contributed by atoms with Gasteiger partial charge in [-0.2, -0.15) is 0 Å². The number of hydrogen-bond donors (Lipinski definition) is 1. The van der Waals surface area contributed by atoms with Gasteiger partial charge in [-0.05, 0) is 25.0 Å². The topological polar surface area (TPSA) is 68.5 Å². The molecule has 3 rings (SSSR count). The van der Waals surface area contributed by atoms with E-state index in [1.807, 2.05) is 24.3 Å². The first-order chi connectivity index (χ1) is 9.17. The van der Waals surface area contributed by atoms with Crippen molar-refractivity contribution in [3.63, 3.8) is 0 Å². The maximum Gasteiger partial charge on any atom is 0.321 e. The predicted molar refractivity (Wildman–Crippen MR) is 68.5 cm³/mol. The lowest BCUT2D eigenvalue weighted by atomic mass is 10.1. The highest BCUT2D eigenvalue weighted by molar-refractivity contribution is 6.13. The van der Waals surface area contributed by atoms with E-state index in [-0.39, 0.29) is 5.91 Å². The molecule has 1 aliphatic rings. The van der Waals surface area contributed by atoms with Gasteiger partial charge in [-0.15, -0.1) is 0 Å². The van der Waals surface area contributed by atoms with Crippen LogP contribution in [0.3, 0.4) is 0 Å². The molecule has 98 valence electrons. The normalized spacial score (nSPS) is 16.1. The van der Waals surface area contributed by atoms with Gasteiger partial charge in [-0.3, -0.25) is 9.59 Å². The maximum atomic E-state index is 12.2. The van der Waals surface area contributed by atoms with Crippen LogP contribution in [0.4, 0.5) is 5.69 Å². The van der Waals surface area contributed by atoms with Gasteiger partial charge in [0.2, 0.25) is 5.91 Å². The first kappa shape index (κ1) is 11.8. The molecule has 5 heteroatoms. The van der Waals surface area contributed by atoms with Crippen LogP contribution >= 0.6 is 0 Å². The number of para-hydroxylation sites is 1. The third-order valence-electron chi connectivity index (χ3n) is 3.49. The predicted octanol–water partition coefficient (Wildman–Crippen LogP) is 2.32. The summed E-state index contributed by atoms with van der Waals surface area (Å²) >= 11 is 0. The molecule has 1 fully saturated rings. The lowest BCUT2D eigenvalue weighted by molar-refractivity contribution is -0.150. The molecule has 1 heterocycles. The fourth-order valence-electron chi connectivity index (χ4n) is 2.16. The standard InChI is InChI=1S/C14H13NO4/c1-18-13(17)14(6-7-14)12(16)15-10-8-19-11-5-3-2-4-9(10)11/h2-5,8H,6-7H2,1H3,(H,15,16). The summed E-state index contributed by atoms with van der Waals surface area (Å²) < 4.78 is 10.0. The summed E-state index contributed by atoms with van der Waals surface area (Å²) in [5.41, 5.74) is 0.268. The number of ether oxygens (including phenoxy) is 1. The molecule has 0 radical (unpaired) electrons. The molecule has 0 atom stereocenters. The number of carbonyl (C=O) groups is 2. The van der Waals surface area contributed by atoms with Gasteiger partial charge in [-0.25, -0.2) is 0 Å². The zero-order valence-corrected chi connectivity index (χ0v) is 10.4. The number of furan rings is 1. The molecule has 0 bridgehead atoms. The Morgan fingerprint density at radius 2 is 2.05 bits per heavy atom. The van der Waals surface area contributed by atoms with Crippen molar-refractivity contribution in [3.8, 4) is 0 Å². The van der Waals surface area contributed by atoms with Crippen molar-refractivity contribution in [2.75, 3.05) is 12.4 Å². The lowest BCUT2D eigenvalue weighted by Gasteiger charge is -2.11. The van der Waals surface area contributed by atoms with Crippen molar-refractivity contribution < 1.29 is 18.7 Å². The Bertz CT molecular complexity index is 654. The summed E-state index contributed by atoms with van der Waals surface area (Å²) in [7, 11) is 1.29. The number of fused-ring (bicyclic) bond motifs is 1. The van der Waals surface area contributed by atoms with Crippen LogP contribution in [0.15, 0.2) is 34.9 Å². The average Bonchev–Trinajstić information content (AvgIpc) is 3.16. The summed E-state index contributed by atoms with van der Waals surface area (Å²) in [6.07, 6.45) is 2.54. The monoisotopic (exact) mass is 259 g/mol. The largest absolute Gasteiger partial charge is 0.468 e. The number of rotatable bonds is 3. The summed E-state index contributed by atoms with van der Waals surface area (Å²) in [5, 5.41) is 3.57. The average molecular weight is 259 g/mol. The van der Waals surface area contributed by atoms with Crippen molar-refractivity contribution in [1.29, 1.82) is 0 Å². The Morgan fingerprint density at radius 3 is 2.74 bits per heavy atom. The van der Waals surface area contributed by atoms with E-state index in [1.165, 1.54) is 13.4 Å². The van der Waals surface area contributed by atoms with E-state index in [4.69, 9.17) is 4.42 Å². The molecule has 1 amide bonds.